The Morgan fingerprint density at radius 2 is 0.848 bits per heavy atom. The van der Waals surface area contributed by atoms with Crippen molar-refractivity contribution in [1.29, 1.82) is 0 Å². The summed E-state index contributed by atoms with van der Waals surface area (Å²) in [5, 5.41) is 4.47. The molecule has 0 nitrogen and oxygen atoms in total. The maximum atomic E-state index is 2.50. The van der Waals surface area contributed by atoms with E-state index in [0.29, 0.717) is 0 Å². The Hall–Kier alpha value is -1.06. The summed E-state index contributed by atoms with van der Waals surface area (Å²) in [7, 11) is -2.47. The summed E-state index contributed by atoms with van der Waals surface area (Å²) in [6.45, 7) is 11.3. The Kier molecular flexibility index (Phi) is 10.5. The Bertz CT molecular complexity index is 1050. The van der Waals surface area contributed by atoms with E-state index in [1.165, 1.54) is 43.4 Å². The number of hydrogen-bond donors (Lipinski definition) is 0. The zero-order valence-electron chi connectivity index (χ0n) is 19.7. The van der Waals surface area contributed by atoms with E-state index in [2.05, 4.69) is 140 Å². The molecule has 0 unspecified atom stereocenters. The number of aryl methyl sites for hydroxylation is 3. The minimum atomic E-state index is -2.47. The molecule has 0 spiro atoms. The fourth-order valence-corrected chi connectivity index (χ4v) is 13.5. The van der Waals surface area contributed by atoms with Gasteiger partial charge >= 0.3 is 195 Å². The zero-order valence-corrected chi connectivity index (χ0v) is 24.5. The second kappa shape index (κ2) is 11.6. The summed E-state index contributed by atoms with van der Waals surface area (Å²) in [6, 6.07) is 27.9. The first kappa shape index (κ1) is 30.0. The fourth-order valence-electron chi connectivity index (χ4n) is 5.19. The molecule has 1 aliphatic carbocycles. The Balaban J connectivity index is 0.00000181. The largest absolute Gasteiger partial charge is 1.00 e. The van der Waals surface area contributed by atoms with Crippen molar-refractivity contribution in [2.24, 2.45) is 0 Å². The number of hydrogen-bond acceptors (Lipinski definition) is 0. The van der Waals surface area contributed by atoms with Gasteiger partial charge in [0.05, 0.1) is 0 Å². The van der Waals surface area contributed by atoms with Crippen molar-refractivity contribution in [3.05, 3.63) is 113 Å². The third-order valence-corrected chi connectivity index (χ3v) is 15.1. The molecule has 0 fully saturated rings. The second-order valence-electron chi connectivity index (χ2n) is 8.81. The van der Waals surface area contributed by atoms with Gasteiger partial charge in [-0.2, -0.15) is 0 Å². The van der Waals surface area contributed by atoms with Crippen molar-refractivity contribution in [3.63, 3.8) is 0 Å². The SMILES string of the molecule is CC1=CC=C(C)[C]1([Ti+3])[Si](c1cccc(C)c1)(c1cccc(C)c1)c1cccc(C)c1.[Cl-].[Cl-].[Cl-]. The van der Waals surface area contributed by atoms with Crippen molar-refractivity contribution in [2.75, 3.05) is 0 Å². The molecule has 0 N–H and O–H groups in total. The first-order valence-electron chi connectivity index (χ1n) is 10.6. The Morgan fingerprint density at radius 1 is 0.545 bits per heavy atom. The van der Waals surface area contributed by atoms with Gasteiger partial charge in [-0.3, -0.25) is 0 Å². The number of benzene rings is 3. The third kappa shape index (κ3) is 4.87. The number of allylic oxidation sites excluding steroid dienone is 4. The van der Waals surface area contributed by atoms with Crippen LogP contribution in [0, 0.1) is 20.8 Å². The number of rotatable bonds is 4. The van der Waals surface area contributed by atoms with Crippen molar-refractivity contribution >= 4 is 23.6 Å². The summed E-state index contributed by atoms with van der Waals surface area (Å²) in [6.07, 6.45) is 4.69. The fraction of sp³-hybridized carbons (Fsp3) is 0.214. The van der Waals surface area contributed by atoms with Gasteiger partial charge in [-0.05, 0) is 0 Å². The molecule has 0 bridgehead atoms. The average Bonchev–Trinajstić information content (AvgIpc) is 2.97. The van der Waals surface area contributed by atoms with Gasteiger partial charge in [0, 0.05) is 0 Å². The van der Waals surface area contributed by atoms with Crippen molar-refractivity contribution < 1.29 is 57.7 Å². The molecule has 0 atom stereocenters. The van der Waals surface area contributed by atoms with E-state index < -0.39 is 8.07 Å². The molecule has 0 heterocycles. The first-order chi connectivity index (χ1) is 14.3. The molecule has 0 saturated heterocycles. The van der Waals surface area contributed by atoms with Gasteiger partial charge in [-0.15, -0.1) is 0 Å². The summed E-state index contributed by atoms with van der Waals surface area (Å²) in [4.78, 5) is 0. The zero-order chi connectivity index (χ0) is 21.5. The van der Waals surface area contributed by atoms with E-state index in [4.69, 9.17) is 0 Å². The first-order valence-corrected chi connectivity index (χ1v) is 13.4. The molecule has 0 aromatic heterocycles. The summed E-state index contributed by atoms with van der Waals surface area (Å²) in [5.74, 6) is 0. The van der Waals surface area contributed by atoms with E-state index in [1.54, 1.807) is 0 Å². The Morgan fingerprint density at radius 3 is 1.12 bits per heavy atom. The molecular formula is C28H29Cl3SiTi. The van der Waals surface area contributed by atoms with E-state index in [1.807, 2.05) is 0 Å². The van der Waals surface area contributed by atoms with Crippen molar-refractivity contribution in [3.8, 4) is 0 Å². The van der Waals surface area contributed by atoms with Crippen LogP contribution in [-0.2, 0) is 20.4 Å². The van der Waals surface area contributed by atoms with Crippen LogP contribution in [0.2, 0.25) is 3.34 Å². The molecule has 1 aliphatic rings. The van der Waals surface area contributed by atoms with Crippen molar-refractivity contribution in [1.82, 2.24) is 0 Å². The predicted octanol–water partition coefficient (Wildman–Crippen LogP) is -3.76. The van der Waals surface area contributed by atoms with Gasteiger partial charge in [-0.25, -0.2) is 0 Å². The summed E-state index contributed by atoms with van der Waals surface area (Å²) < 4.78 is -0.0254. The van der Waals surface area contributed by atoms with Crippen LogP contribution in [-0.4, -0.2) is 8.07 Å². The normalized spacial score (nSPS) is 14.3. The summed E-state index contributed by atoms with van der Waals surface area (Å²) >= 11 is 2.50. The minimum absolute atomic E-state index is 0. The van der Waals surface area contributed by atoms with Gasteiger partial charge in [0.1, 0.15) is 0 Å². The van der Waals surface area contributed by atoms with Crippen LogP contribution in [0.15, 0.2) is 96.1 Å². The van der Waals surface area contributed by atoms with Crippen LogP contribution in [0.5, 0.6) is 0 Å². The smallest absolute Gasteiger partial charge is 1.00 e. The second-order valence-corrected chi connectivity index (χ2v) is 14.7. The van der Waals surface area contributed by atoms with Crippen LogP contribution in [0.1, 0.15) is 30.5 Å². The van der Waals surface area contributed by atoms with E-state index in [0.717, 1.165) is 0 Å². The van der Waals surface area contributed by atoms with Crippen LogP contribution >= 0.6 is 0 Å². The Labute approximate surface area is 230 Å². The van der Waals surface area contributed by atoms with Gasteiger partial charge < -0.3 is 37.2 Å². The molecule has 0 aliphatic heterocycles. The molecule has 3 aromatic rings. The van der Waals surface area contributed by atoms with Crippen LogP contribution in [0.3, 0.4) is 0 Å². The van der Waals surface area contributed by atoms with E-state index >= 15 is 0 Å². The molecule has 5 heteroatoms. The number of halogens is 3. The standard InChI is InChI=1S/C28H29Si.3ClH.Ti/c1-20-9-6-12-25(17-20)29(26-13-7-10-21(2)18-26,27-14-8-11-22(3)19-27)28-23(4)15-16-24(28)5;;;;/h6-19H,1-5H3;3*1H;/q;;;;+3/p-3. The molecule has 3 aromatic carbocycles. The van der Waals surface area contributed by atoms with Crippen LogP contribution in [0.25, 0.3) is 0 Å². The topological polar surface area (TPSA) is 0 Å². The molecule has 0 amide bonds. The minimum Gasteiger partial charge on any atom is -1.00 e. The van der Waals surface area contributed by atoms with Crippen LogP contribution < -0.4 is 52.8 Å². The van der Waals surface area contributed by atoms with Crippen molar-refractivity contribution in [2.45, 2.75) is 38.0 Å². The van der Waals surface area contributed by atoms with E-state index in [-0.39, 0.29) is 40.6 Å². The quantitative estimate of drug-likeness (QED) is 0.233. The van der Waals surface area contributed by atoms with Gasteiger partial charge in [0.15, 0.2) is 0 Å². The molecule has 170 valence electrons. The maximum absolute atomic E-state index is 2.50. The molecule has 33 heavy (non-hydrogen) atoms. The molecule has 0 radical (unpaired) electrons. The van der Waals surface area contributed by atoms with Gasteiger partial charge in [0.2, 0.25) is 0 Å². The average molecular weight is 548 g/mol. The van der Waals surface area contributed by atoms with Gasteiger partial charge in [0.25, 0.3) is 0 Å². The molecule has 4 rings (SSSR count). The third-order valence-electron chi connectivity index (χ3n) is 6.68. The predicted molar refractivity (Wildman–Crippen MR) is 128 cm³/mol. The molecule has 0 saturated carbocycles. The van der Waals surface area contributed by atoms with E-state index in [9.17, 15) is 0 Å². The maximum Gasteiger partial charge on any atom is -1.00 e. The molecular weight excluding hydrogens is 519 g/mol. The van der Waals surface area contributed by atoms with Crippen LogP contribution in [0.4, 0.5) is 0 Å². The monoisotopic (exact) mass is 546 g/mol. The van der Waals surface area contributed by atoms with Gasteiger partial charge in [-0.1, -0.05) is 0 Å². The summed E-state index contributed by atoms with van der Waals surface area (Å²) in [5.41, 5.74) is 6.92.